The van der Waals surface area contributed by atoms with Crippen LogP contribution < -0.4 is 5.73 Å². The Labute approximate surface area is 82.2 Å². The van der Waals surface area contributed by atoms with Crippen molar-refractivity contribution in [3.05, 3.63) is 16.5 Å². The fraction of sp³-hybridized carbons (Fsp3) is 0.667. The second-order valence-corrected chi connectivity index (χ2v) is 4.37. The SMILES string of the molecule is CC(C)c1noc(Cl)c1C1(N)CC1. The molecule has 1 aliphatic rings. The number of aromatic nitrogens is 1. The fourth-order valence-corrected chi connectivity index (χ4v) is 1.83. The summed E-state index contributed by atoms with van der Waals surface area (Å²) in [6.45, 7) is 4.12. The molecular formula is C9H13ClN2O. The molecule has 3 nitrogen and oxygen atoms in total. The Balaban J connectivity index is 2.47. The molecule has 2 rings (SSSR count). The van der Waals surface area contributed by atoms with E-state index >= 15 is 0 Å². The molecule has 1 fully saturated rings. The van der Waals surface area contributed by atoms with Crippen LogP contribution in [0.2, 0.25) is 5.22 Å². The van der Waals surface area contributed by atoms with Crippen LogP contribution in [-0.4, -0.2) is 5.16 Å². The van der Waals surface area contributed by atoms with Crippen molar-refractivity contribution in [2.45, 2.75) is 38.1 Å². The van der Waals surface area contributed by atoms with Crippen LogP contribution in [0.15, 0.2) is 4.52 Å². The Bertz CT molecular complexity index is 328. The highest BCUT2D eigenvalue weighted by Gasteiger charge is 2.45. The van der Waals surface area contributed by atoms with Gasteiger partial charge in [0.2, 0.25) is 5.22 Å². The summed E-state index contributed by atoms with van der Waals surface area (Å²) in [4.78, 5) is 0. The van der Waals surface area contributed by atoms with E-state index in [0.717, 1.165) is 24.1 Å². The minimum Gasteiger partial charge on any atom is -0.344 e. The van der Waals surface area contributed by atoms with Crippen molar-refractivity contribution < 1.29 is 4.52 Å². The first-order chi connectivity index (χ1) is 6.04. The number of nitrogens with two attached hydrogens (primary N) is 1. The quantitative estimate of drug-likeness (QED) is 0.798. The second kappa shape index (κ2) is 2.72. The Kier molecular flexibility index (Phi) is 1.89. The zero-order valence-electron chi connectivity index (χ0n) is 7.80. The molecule has 13 heavy (non-hydrogen) atoms. The van der Waals surface area contributed by atoms with Crippen molar-refractivity contribution >= 4 is 11.6 Å². The zero-order chi connectivity index (χ0) is 9.64. The van der Waals surface area contributed by atoms with Gasteiger partial charge in [0.15, 0.2) is 0 Å². The lowest BCUT2D eigenvalue weighted by atomic mass is 10.00. The molecule has 2 N–H and O–H groups in total. The number of nitrogens with zero attached hydrogens (tertiary/aromatic N) is 1. The Morgan fingerprint density at radius 1 is 1.54 bits per heavy atom. The molecule has 0 amide bonds. The van der Waals surface area contributed by atoms with Gasteiger partial charge in [-0.25, -0.2) is 0 Å². The molecule has 4 heteroatoms. The van der Waals surface area contributed by atoms with Gasteiger partial charge in [0.05, 0.1) is 11.3 Å². The van der Waals surface area contributed by atoms with Crippen LogP contribution in [0.1, 0.15) is 43.9 Å². The van der Waals surface area contributed by atoms with Crippen LogP contribution in [0.25, 0.3) is 0 Å². The van der Waals surface area contributed by atoms with E-state index in [1.807, 2.05) is 0 Å². The van der Waals surface area contributed by atoms with E-state index in [-0.39, 0.29) is 5.54 Å². The van der Waals surface area contributed by atoms with Gasteiger partial charge in [-0.05, 0) is 30.4 Å². The molecule has 1 aliphatic carbocycles. The van der Waals surface area contributed by atoms with Gasteiger partial charge in [-0.2, -0.15) is 0 Å². The van der Waals surface area contributed by atoms with E-state index in [0.29, 0.717) is 11.1 Å². The summed E-state index contributed by atoms with van der Waals surface area (Å²) >= 11 is 5.90. The Morgan fingerprint density at radius 2 is 2.15 bits per heavy atom. The minimum atomic E-state index is -0.253. The molecule has 1 aromatic heterocycles. The number of rotatable bonds is 2. The first-order valence-corrected chi connectivity index (χ1v) is 4.87. The zero-order valence-corrected chi connectivity index (χ0v) is 8.56. The predicted octanol–water partition coefficient (Wildman–Crippen LogP) is 2.40. The smallest absolute Gasteiger partial charge is 0.231 e. The lowest BCUT2D eigenvalue weighted by Crippen LogP contribution is -2.20. The van der Waals surface area contributed by atoms with Gasteiger partial charge in [0, 0.05) is 5.54 Å². The Morgan fingerprint density at radius 3 is 2.62 bits per heavy atom. The molecule has 1 saturated carbocycles. The van der Waals surface area contributed by atoms with Crippen LogP contribution in [0, 0.1) is 0 Å². The topological polar surface area (TPSA) is 52.0 Å². The summed E-state index contributed by atoms with van der Waals surface area (Å²) in [5.41, 5.74) is 7.64. The lowest BCUT2D eigenvalue weighted by Gasteiger charge is -2.09. The van der Waals surface area contributed by atoms with Crippen molar-refractivity contribution in [1.82, 2.24) is 5.16 Å². The van der Waals surface area contributed by atoms with Crippen LogP contribution in [0.4, 0.5) is 0 Å². The molecule has 0 saturated heterocycles. The van der Waals surface area contributed by atoms with Crippen molar-refractivity contribution in [1.29, 1.82) is 0 Å². The highest BCUT2D eigenvalue weighted by molar-refractivity contribution is 6.29. The monoisotopic (exact) mass is 200 g/mol. The molecule has 0 bridgehead atoms. The molecule has 1 heterocycles. The van der Waals surface area contributed by atoms with Gasteiger partial charge in [-0.3, -0.25) is 0 Å². The molecule has 0 aromatic carbocycles. The third-order valence-electron chi connectivity index (χ3n) is 2.51. The summed E-state index contributed by atoms with van der Waals surface area (Å²) < 4.78 is 4.96. The normalized spacial score (nSPS) is 19.5. The molecule has 0 unspecified atom stereocenters. The van der Waals surface area contributed by atoms with E-state index < -0.39 is 0 Å². The largest absolute Gasteiger partial charge is 0.344 e. The molecule has 0 spiro atoms. The van der Waals surface area contributed by atoms with Crippen molar-refractivity contribution in [2.24, 2.45) is 5.73 Å². The predicted molar refractivity (Wildman–Crippen MR) is 50.7 cm³/mol. The van der Waals surface area contributed by atoms with Crippen molar-refractivity contribution in [3.63, 3.8) is 0 Å². The summed E-state index contributed by atoms with van der Waals surface area (Å²) in [5, 5.41) is 4.30. The van der Waals surface area contributed by atoms with Gasteiger partial charge in [-0.15, -0.1) is 0 Å². The summed E-state index contributed by atoms with van der Waals surface area (Å²) in [6.07, 6.45) is 1.96. The highest BCUT2D eigenvalue weighted by Crippen LogP contribution is 2.48. The van der Waals surface area contributed by atoms with Crippen LogP contribution >= 0.6 is 11.6 Å². The Hall–Kier alpha value is -0.540. The summed E-state index contributed by atoms with van der Waals surface area (Å²) in [6, 6.07) is 0. The summed E-state index contributed by atoms with van der Waals surface area (Å²) in [5.74, 6) is 0.312. The van der Waals surface area contributed by atoms with Crippen LogP contribution in [0.3, 0.4) is 0 Å². The van der Waals surface area contributed by atoms with E-state index in [2.05, 4.69) is 19.0 Å². The van der Waals surface area contributed by atoms with Crippen molar-refractivity contribution in [2.75, 3.05) is 0 Å². The van der Waals surface area contributed by atoms with Crippen LogP contribution in [0.5, 0.6) is 0 Å². The molecule has 0 aliphatic heterocycles. The van der Waals surface area contributed by atoms with Gasteiger partial charge in [0.25, 0.3) is 0 Å². The minimum absolute atomic E-state index is 0.253. The standard InChI is InChI=1S/C9H13ClN2O/c1-5(2)7-6(8(10)13-12-7)9(11)3-4-9/h5H,3-4,11H2,1-2H3. The number of hydrogen-bond acceptors (Lipinski definition) is 3. The molecule has 0 atom stereocenters. The van der Waals surface area contributed by atoms with Gasteiger partial charge < -0.3 is 10.3 Å². The molecule has 72 valence electrons. The van der Waals surface area contributed by atoms with Crippen LogP contribution in [-0.2, 0) is 5.54 Å². The van der Waals surface area contributed by atoms with Gasteiger partial charge >= 0.3 is 0 Å². The van der Waals surface area contributed by atoms with E-state index in [1.165, 1.54) is 0 Å². The average Bonchev–Trinajstić information content (AvgIpc) is 2.62. The summed E-state index contributed by atoms with van der Waals surface area (Å²) in [7, 11) is 0. The fourth-order valence-electron chi connectivity index (χ4n) is 1.51. The highest BCUT2D eigenvalue weighted by atomic mass is 35.5. The van der Waals surface area contributed by atoms with Crippen molar-refractivity contribution in [3.8, 4) is 0 Å². The first-order valence-electron chi connectivity index (χ1n) is 4.49. The maximum Gasteiger partial charge on any atom is 0.231 e. The third-order valence-corrected chi connectivity index (χ3v) is 2.77. The van der Waals surface area contributed by atoms with Gasteiger partial charge in [0.1, 0.15) is 0 Å². The maximum atomic E-state index is 6.07. The lowest BCUT2D eigenvalue weighted by molar-refractivity contribution is 0.409. The molecule has 0 radical (unpaired) electrons. The van der Waals surface area contributed by atoms with E-state index in [4.69, 9.17) is 21.9 Å². The molecular weight excluding hydrogens is 188 g/mol. The van der Waals surface area contributed by atoms with E-state index in [9.17, 15) is 0 Å². The van der Waals surface area contributed by atoms with E-state index in [1.54, 1.807) is 0 Å². The average molecular weight is 201 g/mol. The number of halogens is 1. The second-order valence-electron chi connectivity index (χ2n) is 4.03. The maximum absolute atomic E-state index is 6.07. The first kappa shape index (κ1) is 9.03. The molecule has 1 aromatic rings. The van der Waals surface area contributed by atoms with Gasteiger partial charge in [-0.1, -0.05) is 19.0 Å². The number of hydrogen-bond donors (Lipinski definition) is 1. The third kappa shape index (κ3) is 1.36.